The minimum atomic E-state index is -0.167. The highest BCUT2D eigenvalue weighted by Crippen LogP contribution is 2.39. The average molecular weight is 286 g/mol. The molecule has 1 aliphatic carbocycles. The third kappa shape index (κ3) is 2.46. The van der Waals surface area contributed by atoms with E-state index in [2.05, 4.69) is 93.3 Å². The van der Waals surface area contributed by atoms with Gasteiger partial charge in [-0.05, 0) is 48.6 Å². The molecule has 110 valence electrons. The van der Waals surface area contributed by atoms with Gasteiger partial charge in [0.15, 0.2) is 0 Å². The molecule has 0 radical (unpaired) electrons. The van der Waals surface area contributed by atoms with Crippen molar-refractivity contribution in [3.8, 4) is 0 Å². The molecule has 1 aliphatic rings. The SMILES string of the molecule is C=C(C)C(C)(c1ccccc1)c1cccc(C2=CCC=C2)c1. The van der Waals surface area contributed by atoms with Gasteiger partial charge in [0.1, 0.15) is 0 Å². The molecule has 3 rings (SSSR count). The maximum Gasteiger partial charge on any atom is 0.0377 e. The van der Waals surface area contributed by atoms with Crippen molar-refractivity contribution in [1.82, 2.24) is 0 Å². The number of allylic oxidation sites excluding steroid dienone is 5. The predicted octanol–water partition coefficient (Wildman–Crippen LogP) is 5.91. The van der Waals surface area contributed by atoms with Gasteiger partial charge in [-0.25, -0.2) is 0 Å². The van der Waals surface area contributed by atoms with Crippen LogP contribution in [0.15, 0.2) is 85.0 Å². The Bertz CT molecular complexity index is 747. The van der Waals surface area contributed by atoms with Crippen LogP contribution in [-0.4, -0.2) is 0 Å². The molecule has 0 heteroatoms. The van der Waals surface area contributed by atoms with Gasteiger partial charge in [0.25, 0.3) is 0 Å². The Morgan fingerprint density at radius 1 is 1.00 bits per heavy atom. The normalized spacial score (nSPS) is 16.2. The zero-order chi connectivity index (χ0) is 15.6. The molecule has 1 unspecified atom stereocenters. The molecule has 0 saturated carbocycles. The van der Waals surface area contributed by atoms with Crippen molar-refractivity contribution in [1.29, 1.82) is 0 Å². The summed E-state index contributed by atoms with van der Waals surface area (Å²) in [5.74, 6) is 0. The topological polar surface area (TPSA) is 0 Å². The van der Waals surface area contributed by atoms with Crippen molar-refractivity contribution in [2.45, 2.75) is 25.7 Å². The summed E-state index contributed by atoms with van der Waals surface area (Å²) in [4.78, 5) is 0. The molecule has 0 aromatic heterocycles. The fourth-order valence-electron chi connectivity index (χ4n) is 3.11. The van der Waals surface area contributed by atoms with E-state index in [0.717, 1.165) is 12.0 Å². The molecule has 0 aliphatic heterocycles. The molecule has 0 saturated heterocycles. The number of benzene rings is 2. The van der Waals surface area contributed by atoms with E-state index >= 15 is 0 Å². The second kappa shape index (κ2) is 5.81. The Balaban J connectivity index is 2.12. The first-order valence-electron chi connectivity index (χ1n) is 7.81. The summed E-state index contributed by atoms with van der Waals surface area (Å²) < 4.78 is 0. The zero-order valence-corrected chi connectivity index (χ0v) is 13.3. The van der Waals surface area contributed by atoms with E-state index in [0.29, 0.717) is 0 Å². The monoisotopic (exact) mass is 286 g/mol. The van der Waals surface area contributed by atoms with Crippen molar-refractivity contribution in [3.63, 3.8) is 0 Å². The van der Waals surface area contributed by atoms with Gasteiger partial charge < -0.3 is 0 Å². The smallest absolute Gasteiger partial charge is 0.0377 e. The molecule has 0 heterocycles. The van der Waals surface area contributed by atoms with E-state index in [-0.39, 0.29) is 5.41 Å². The van der Waals surface area contributed by atoms with Gasteiger partial charge in [0.2, 0.25) is 0 Å². The maximum atomic E-state index is 4.28. The van der Waals surface area contributed by atoms with Crippen LogP contribution in [0.2, 0.25) is 0 Å². The highest BCUT2D eigenvalue weighted by molar-refractivity contribution is 5.76. The van der Waals surface area contributed by atoms with Crippen molar-refractivity contribution in [3.05, 3.63) is 102 Å². The Morgan fingerprint density at radius 2 is 1.73 bits per heavy atom. The highest BCUT2D eigenvalue weighted by Gasteiger charge is 2.29. The second-order valence-corrected chi connectivity index (χ2v) is 6.15. The third-order valence-electron chi connectivity index (χ3n) is 4.75. The van der Waals surface area contributed by atoms with Crippen LogP contribution >= 0.6 is 0 Å². The molecule has 22 heavy (non-hydrogen) atoms. The Hall–Kier alpha value is -2.34. The molecule has 0 bridgehead atoms. The van der Waals surface area contributed by atoms with Crippen LogP contribution in [0.3, 0.4) is 0 Å². The molecule has 0 fully saturated rings. The molecular formula is C22H22. The molecule has 1 atom stereocenters. The van der Waals surface area contributed by atoms with E-state index in [9.17, 15) is 0 Å². The van der Waals surface area contributed by atoms with E-state index in [1.807, 2.05) is 0 Å². The summed E-state index contributed by atoms with van der Waals surface area (Å²) in [5.41, 5.74) is 6.18. The summed E-state index contributed by atoms with van der Waals surface area (Å²) in [6.07, 6.45) is 7.73. The zero-order valence-electron chi connectivity index (χ0n) is 13.3. The van der Waals surface area contributed by atoms with Crippen LogP contribution < -0.4 is 0 Å². The van der Waals surface area contributed by atoms with Crippen LogP contribution in [0.4, 0.5) is 0 Å². The third-order valence-corrected chi connectivity index (χ3v) is 4.75. The van der Waals surface area contributed by atoms with Gasteiger partial charge >= 0.3 is 0 Å². The lowest BCUT2D eigenvalue weighted by Crippen LogP contribution is -2.24. The number of hydrogen-bond donors (Lipinski definition) is 0. The van der Waals surface area contributed by atoms with Crippen molar-refractivity contribution in [2.75, 3.05) is 0 Å². The first-order valence-corrected chi connectivity index (χ1v) is 7.81. The standard InChI is InChI=1S/C22H22/c1-17(2)22(3,20-13-5-4-6-14-20)21-15-9-12-19(16-21)18-10-7-8-11-18/h4-7,9-16H,1,8H2,2-3H3. The van der Waals surface area contributed by atoms with Gasteiger partial charge in [0.05, 0.1) is 0 Å². The quantitative estimate of drug-likeness (QED) is 0.613. The minimum Gasteiger partial charge on any atom is -0.0989 e. The minimum absolute atomic E-state index is 0.167. The molecule has 0 spiro atoms. The Morgan fingerprint density at radius 3 is 2.36 bits per heavy atom. The van der Waals surface area contributed by atoms with Crippen LogP contribution in [0.5, 0.6) is 0 Å². The van der Waals surface area contributed by atoms with Crippen LogP contribution in [-0.2, 0) is 5.41 Å². The largest absolute Gasteiger partial charge is 0.0989 e. The fraction of sp³-hybridized carbons (Fsp3) is 0.182. The molecule has 0 amide bonds. The van der Waals surface area contributed by atoms with Crippen molar-refractivity contribution in [2.24, 2.45) is 0 Å². The summed E-state index contributed by atoms with van der Waals surface area (Å²) in [6, 6.07) is 19.5. The predicted molar refractivity (Wildman–Crippen MR) is 95.9 cm³/mol. The van der Waals surface area contributed by atoms with Gasteiger partial charge in [0, 0.05) is 5.41 Å². The van der Waals surface area contributed by atoms with E-state index in [4.69, 9.17) is 0 Å². The van der Waals surface area contributed by atoms with Gasteiger partial charge in [-0.1, -0.05) is 78.9 Å². The molecule has 0 nitrogen and oxygen atoms in total. The fourth-order valence-corrected chi connectivity index (χ4v) is 3.11. The molecular weight excluding hydrogens is 264 g/mol. The first-order chi connectivity index (χ1) is 10.6. The number of rotatable bonds is 4. The molecule has 2 aromatic rings. The van der Waals surface area contributed by atoms with Crippen molar-refractivity contribution < 1.29 is 0 Å². The maximum absolute atomic E-state index is 4.28. The van der Waals surface area contributed by atoms with Crippen LogP contribution in [0, 0.1) is 0 Å². The molecule has 2 aromatic carbocycles. The van der Waals surface area contributed by atoms with Gasteiger partial charge in [-0.3, -0.25) is 0 Å². The lowest BCUT2D eigenvalue weighted by molar-refractivity contribution is 0.676. The van der Waals surface area contributed by atoms with Gasteiger partial charge in [-0.2, -0.15) is 0 Å². The van der Waals surface area contributed by atoms with Crippen LogP contribution in [0.1, 0.15) is 37.0 Å². The highest BCUT2D eigenvalue weighted by atomic mass is 14.3. The lowest BCUT2D eigenvalue weighted by atomic mass is 9.71. The second-order valence-electron chi connectivity index (χ2n) is 6.15. The van der Waals surface area contributed by atoms with E-state index < -0.39 is 0 Å². The summed E-state index contributed by atoms with van der Waals surface area (Å²) >= 11 is 0. The van der Waals surface area contributed by atoms with Crippen molar-refractivity contribution >= 4 is 5.57 Å². The summed E-state index contributed by atoms with van der Waals surface area (Å²) in [7, 11) is 0. The molecule has 0 N–H and O–H groups in total. The summed E-state index contributed by atoms with van der Waals surface area (Å²) in [5, 5.41) is 0. The van der Waals surface area contributed by atoms with Crippen LogP contribution in [0.25, 0.3) is 5.57 Å². The van der Waals surface area contributed by atoms with E-state index in [1.54, 1.807) is 0 Å². The lowest BCUT2D eigenvalue weighted by Gasteiger charge is -2.32. The van der Waals surface area contributed by atoms with Gasteiger partial charge in [-0.15, -0.1) is 0 Å². The summed E-state index contributed by atoms with van der Waals surface area (Å²) in [6.45, 7) is 8.66. The van der Waals surface area contributed by atoms with E-state index in [1.165, 1.54) is 22.3 Å². The Kier molecular flexibility index (Phi) is 3.85. The first kappa shape index (κ1) is 14.6. The number of hydrogen-bond acceptors (Lipinski definition) is 0. The average Bonchev–Trinajstić information content (AvgIpc) is 3.09. The Labute approximate surface area is 133 Å².